The number of halogens is 1. The van der Waals surface area contributed by atoms with Gasteiger partial charge in [0.15, 0.2) is 0 Å². The van der Waals surface area contributed by atoms with Crippen LogP contribution in [0, 0.1) is 0 Å². The summed E-state index contributed by atoms with van der Waals surface area (Å²) in [5.41, 5.74) is 0. The molecule has 8 heteroatoms. The summed E-state index contributed by atoms with van der Waals surface area (Å²) in [5, 5.41) is 9.07. The van der Waals surface area contributed by atoms with Gasteiger partial charge in [-0.25, -0.2) is 4.98 Å². The van der Waals surface area contributed by atoms with Crippen molar-refractivity contribution < 1.29 is 4.42 Å². The molecule has 0 aliphatic rings. The molecule has 2 aromatic rings. The third kappa shape index (κ3) is 3.17. The fourth-order valence-electron chi connectivity index (χ4n) is 1.16. The van der Waals surface area contributed by atoms with E-state index in [2.05, 4.69) is 15.2 Å². The van der Waals surface area contributed by atoms with Gasteiger partial charge >= 0.3 is 0 Å². The Morgan fingerprint density at radius 2 is 2.24 bits per heavy atom. The molecule has 0 N–H and O–H groups in total. The van der Waals surface area contributed by atoms with Crippen molar-refractivity contribution in [1.82, 2.24) is 19.7 Å². The fraction of sp³-hybridized carbons (Fsp3) is 0.444. The largest absolute Gasteiger partial charge is 0.415 e. The molecular weight excluding hydrogens is 280 g/mol. The molecule has 2 heterocycles. The summed E-state index contributed by atoms with van der Waals surface area (Å²) >= 11 is 9.00. The molecule has 0 bridgehead atoms. The second kappa shape index (κ2) is 5.79. The van der Waals surface area contributed by atoms with Gasteiger partial charge in [0.1, 0.15) is 11.0 Å². The maximum Gasteiger partial charge on any atom is 0.277 e. The first-order valence-corrected chi connectivity index (χ1v) is 7.56. The highest BCUT2D eigenvalue weighted by molar-refractivity contribution is 7.98. The molecule has 5 nitrogen and oxygen atoms in total. The Balaban J connectivity index is 1.95. The van der Waals surface area contributed by atoms with Gasteiger partial charge in [-0.05, 0) is 6.26 Å². The van der Waals surface area contributed by atoms with Crippen LogP contribution in [0.25, 0.3) is 0 Å². The summed E-state index contributed by atoms with van der Waals surface area (Å²) in [6, 6.07) is 0. The predicted octanol–water partition coefficient (Wildman–Crippen LogP) is 2.61. The van der Waals surface area contributed by atoms with Gasteiger partial charge in [-0.3, -0.25) is 0 Å². The number of imidazole rings is 1. The lowest BCUT2D eigenvalue weighted by atomic mass is 10.7. The average molecular weight is 291 g/mol. The molecule has 0 fully saturated rings. The molecule has 0 spiro atoms. The van der Waals surface area contributed by atoms with Gasteiger partial charge in [-0.1, -0.05) is 23.4 Å². The minimum Gasteiger partial charge on any atom is -0.415 e. The highest BCUT2D eigenvalue weighted by atomic mass is 35.5. The molecule has 0 amide bonds. The highest BCUT2D eigenvalue weighted by Gasteiger charge is 2.09. The second-order valence-corrected chi connectivity index (χ2v) is 5.42. The number of aromatic nitrogens is 4. The summed E-state index contributed by atoms with van der Waals surface area (Å²) in [6.07, 6.45) is 3.62. The number of hydrogen-bond donors (Lipinski definition) is 0. The Bertz CT molecular complexity index is 499. The standard InChI is InChI=1S/C9H11ClN4OS2/c1-14-6(10)3-11-7(14)4-17-9-13-12-8(15-9)5-16-2/h3H,4-5H2,1-2H3. The van der Waals surface area contributed by atoms with Crippen LogP contribution in [0.3, 0.4) is 0 Å². The zero-order chi connectivity index (χ0) is 12.3. The van der Waals surface area contributed by atoms with E-state index in [0.717, 1.165) is 11.6 Å². The van der Waals surface area contributed by atoms with E-state index in [9.17, 15) is 0 Å². The number of thioether (sulfide) groups is 2. The van der Waals surface area contributed by atoms with Crippen LogP contribution in [-0.4, -0.2) is 26.0 Å². The van der Waals surface area contributed by atoms with Crippen LogP contribution < -0.4 is 0 Å². The number of hydrogen-bond acceptors (Lipinski definition) is 6. The van der Waals surface area contributed by atoms with Gasteiger partial charge in [0.05, 0.1) is 17.7 Å². The lowest BCUT2D eigenvalue weighted by molar-refractivity contribution is 0.426. The maximum atomic E-state index is 5.89. The summed E-state index contributed by atoms with van der Waals surface area (Å²) in [5.74, 6) is 2.92. The molecule has 0 aliphatic heterocycles. The van der Waals surface area contributed by atoms with Crippen LogP contribution in [0.2, 0.25) is 5.15 Å². The van der Waals surface area contributed by atoms with Crippen LogP contribution in [0.5, 0.6) is 0 Å². The molecule has 17 heavy (non-hydrogen) atoms. The fourth-order valence-corrected chi connectivity index (χ4v) is 2.45. The lowest BCUT2D eigenvalue weighted by Gasteiger charge is -1.99. The number of nitrogens with zero attached hydrogens (tertiary/aromatic N) is 4. The van der Waals surface area contributed by atoms with E-state index in [1.54, 1.807) is 18.0 Å². The SMILES string of the molecule is CSCc1nnc(SCc2ncc(Cl)n2C)o1. The summed E-state index contributed by atoms with van der Waals surface area (Å²) in [7, 11) is 1.87. The van der Waals surface area contributed by atoms with E-state index in [1.807, 2.05) is 17.9 Å². The summed E-state index contributed by atoms with van der Waals surface area (Å²) < 4.78 is 7.27. The van der Waals surface area contributed by atoms with E-state index < -0.39 is 0 Å². The van der Waals surface area contributed by atoms with Gasteiger partial charge in [0, 0.05) is 7.05 Å². The third-order valence-corrected chi connectivity index (χ3v) is 3.77. The minimum atomic E-state index is 0.563. The van der Waals surface area contributed by atoms with Crippen LogP contribution in [0.1, 0.15) is 11.7 Å². The van der Waals surface area contributed by atoms with Crippen LogP contribution in [-0.2, 0) is 18.6 Å². The molecule has 0 unspecified atom stereocenters. The van der Waals surface area contributed by atoms with Crippen molar-refractivity contribution in [3.05, 3.63) is 23.1 Å². The first-order valence-electron chi connectivity index (χ1n) is 4.81. The Kier molecular flexibility index (Phi) is 4.36. The van der Waals surface area contributed by atoms with Crippen molar-refractivity contribution in [3.8, 4) is 0 Å². The van der Waals surface area contributed by atoms with E-state index >= 15 is 0 Å². The molecule has 92 valence electrons. The molecule has 0 aromatic carbocycles. The van der Waals surface area contributed by atoms with Gasteiger partial charge in [-0.2, -0.15) is 11.8 Å². The quantitative estimate of drug-likeness (QED) is 0.789. The van der Waals surface area contributed by atoms with Gasteiger partial charge in [0.25, 0.3) is 5.22 Å². The summed E-state index contributed by atoms with van der Waals surface area (Å²) in [4.78, 5) is 4.19. The maximum absolute atomic E-state index is 5.89. The lowest BCUT2D eigenvalue weighted by Crippen LogP contribution is -1.95. The van der Waals surface area contributed by atoms with Crippen molar-refractivity contribution in [2.24, 2.45) is 7.05 Å². The summed E-state index contributed by atoms with van der Waals surface area (Å²) in [6.45, 7) is 0. The third-order valence-electron chi connectivity index (χ3n) is 2.07. The zero-order valence-electron chi connectivity index (χ0n) is 9.38. The van der Waals surface area contributed by atoms with Crippen molar-refractivity contribution in [1.29, 1.82) is 0 Å². The van der Waals surface area contributed by atoms with E-state index in [-0.39, 0.29) is 0 Å². The Morgan fingerprint density at radius 3 is 2.88 bits per heavy atom. The topological polar surface area (TPSA) is 56.7 Å². The van der Waals surface area contributed by atoms with Crippen LogP contribution in [0.15, 0.2) is 15.8 Å². The predicted molar refractivity (Wildman–Crippen MR) is 69.3 cm³/mol. The second-order valence-electron chi connectivity index (χ2n) is 3.24. The average Bonchev–Trinajstić information content (AvgIpc) is 2.87. The first kappa shape index (κ1) is 12.8. The molecule has 0 atom stereocenters. The first-order chi connectivity index (χ1) is 8.20. The number of rotatable bonds is 5. The molecule has 0 saturated carbocycles. The Hall–Kier alpha value is -0.660. The van der Waals surface area contributed by atoms with E-state index in [4.69, 9.17) is 16.0 Å². The van der Waals surface area contributed by atoms with Crippen molar-refractivity contribution >= 4 is 35.1 Å². The molecule has 0 aliphatic carbocycles. The molecule has 0 radical (unpaired) electrons. The van der Waals surface area contributed by atoms with Gasteiger partial charge < -0.3 is 8.98 Å². The minimum absolute atomic E-state index is 0.563. The normalized spacial score (nSPS) is 11.0. The Morgan fingerprint density at radius 1 is 1.41 bits per heavy atom. The molecule has 0 saturated heterocycles. The van der Waals surface area contributed by atoms with E-state index in [0.29, 0.717) is 22.0 Å². The molecule has 2 aromatic heterocycles. The van der Waals surface area contributed by atoms with Crippen LogP contribution in [0.4, 0.5) is 0 Å². The smallest absolute Gasteiger partial charge is 0.277 e. The van der Waals surface area contributed by atoms with Crippen LogP contribution >= 0.6 is 35.1 Å². The highest BCUT2D eigenvalue weighted by Crippen LogP contribution is 2.22. The van der Waals surface area contributed by atoms with Gasteiger partial charge in [-0.15, -0.1) is 10.2 Å². The van der Waals surface area contributed by atoms with E-state index in [1.165, 1.54) is 11.8 Å². The van der Waals surface area contributed by atoms with Crippen molar-refractivity contribution in [2.45, 2.75) is 16.7 Å². The monoisotopic (exact) mass is 290 g/mol. The zero-order valence-corrected chi connectivity index (χ0v) is 11.8. The molecule has 2 rings (SSSR count). The Labute approximate surface area is 112 Å². The van der Waals surface area contributed by atoms with Crippen molar-refractivity contribution in [3.63, 3.8) is 0 Å². The van der Waals surface area contributed by atoms with Crippen molar-refractivity contribution in [2.75, 3.05) is 6.26 Å². The van der Waals surface area contributed by atoms with Gasteiger partial charge in [0.2, 0.25) is 5.89 Å². The molecular formula is C9H11ClN4OS2.